The number of hydrogen-bond donors (Lipinski definition) is 2. The van der Waals surface area contributed by atoms with Crippen LogP contribution < -0.4 is 4.90 Å². The molecule has 0 atom stereocenters. The van der Waals surface area contributed by atoms with Gasteiger partial charge in [-0.1, -0.05) is 18.2 Å². The number of nitrogens with one attached hydrogen (secondary N) is 1. The molecule has 100 valence electrons. The summed E-state index contributed by atoms with van der Waals surface area (Å²) in [5.74, 6) is 2.12. The van der Waals surface area contributed by atoms with Gasteiger partial charge in [0.15, 0.2) is 0 Å². The molecule has 0 spiro atoms. The largest absolute Gasteiger partial charge is 0.396 e. The Morgan fingerprint density at radius 2 is 2.11 bits per heavy atom. The third-order valence-corrected chi connectivity index (χ3v) is 4.76. The van der Waals surface area contributed by atoms with E-state index in [2.05, 4.69) is 28.1 Å². The van der Waals surface area contributed by atoms with E-state index in [0.717, 1.165) is 18.8 Å². The maximum atomic E-state index is 9.04. The number of anilines is 1. The van der Waals surface area contributed by atoms with Crippen LogP contribution in [0.3, 0.4) is 0 Å². The van der Waals surface area contributed by atoms with Crippen molar-refractivity contribution in [3.63, 3.8) is 0 Å². The predicted octanol–water partition coefficient (Wildman–Crippen LogP) is 2.79. The number of fused-ring (bicyclic) bond motifs is 3. The van der Waals surface area contributed by atoms with Crippen LogP contribution in [-0.2, 0) is 6.42 Å². The number of benzene rings is 1. The molecule has 1 aromatic carbocycles. The molecule has 4 heterocycles. The standard InChI is InChI=1S/C16H20N2O/c19-10-2-4-12-3-1-5-13-14-11-6-8-18(9-7-11)16(14)17-15(12)13/h1,3,5,11,17,19H,2,4,6-10H2. The lowest BCUT2D eigenvalue weighted by Crippen LogP contribution is -2.38. The van der Waals surface area contributed by atoms with Crippen molar-refractivity contribution in [1.82, 2.24) is 4.98 Å². The molecular formula is C16H20N2O. The van der Waals surface area contributed by atoms with Crippen LogP contribution >= 0.6 is 0 Å². The minimum Gasteiger partial charge on any atom is -0.396 e. The van der Waals surface area contributed by atoms with E-state index in [1.807, 2.05) is 0 Å². The smallest absolute Gasteiger partial charge is 0.110 e. The first-order valence-electron chi connectivity index (χ1n) is 7.38. The summed E-state index contributed by atoms with van der Waals surface area (Å²) in [6.45, 7) is 2.68. The number of nitrogens with zero attached hydrogens (tertiary/aromatic N) is 1. The average molecular weight is 256 g/mol. The van der Waals surface area contributed by atoms with E-state index in [9.17, 15) is 0 Å². The molecule has 3 nitrogen and oxygen atoms in total. The quantitative estimate of drug-likeness (QED) is 0.886. The Morgan fingerprint density at radius 1 is 1.26 bits per heavy atom. The zero-order chi connectivity index (χ0) is 12.8. The number of aliphatic hydroxyl groups is 1. The van der Waals surface area contributed by atoms with Gasteiger partial charge in [-0.3, -0.25) is 0 Å². The number of piperidine rings is 1. The molecule has 0 amide bonds. The molecule has 1 aromatic heterocycles. The van der Waals surface area contributed by atoms with E-state index < -0.39 is 0 Å². The summed E-state index contributed by atoms with van der Waals surface area (Å²) in [4.78, 5) is 6.17. The number of aromatic amines is 1. The summed E-state index contributed by atoms with van der Waals surface area (Å²) in [5.41, 5.74) is 4.21. The number of aromatic nitrogens is 1. The first kappa shape index (κ1) is 11.4. The molecule has 1 fully saturated rings. The Morgan fingerprint density at radius 3 is 2.89 bits per heavy atom. The second kappa shape index (κ2) is 4.27. The van der Waals surface area contributed by atoms with Crippen LogP contribution in [0.1, 0.15) is 36.3 Å². The van der Waals surface area contributed by atoms with Gasteiger partial charge in [0.1, 0.15) is 5.82 Å². The van der Waals surface area contributed by atoms with E-state index >= 15 is 0 Å². The number of hydrogen-bond acceptors (Lipinski definition) is 2. The van der Waals surface area contributed by atoms with E-state index in [4.69, 9.17) is 5.11 Å². The number of aliphatic hydroxyl groups excluding tert-OH is 1. The van der Waals surface area contributed by atoms with Gasteiger partial charge in [0.2, 0.25) is 0 Å². The van der Waals surface area contributed by atoms with Gasteiger partial charge in [-0.15, -0.1) is 0 Å². The van der Waals surface area contributed by atoms with Crippen LogP contribution in [0.15, 0.2) is 18.2 Å². The summed E-state index contributed by atoms with van der Waals surface area (Å²) in [6, 6.07) is 6.62. The first-order valence-corrected chi connectivity index (χ1v) is 7.38. The van der Waals surface area contributed by atoms with Gasteiger partial charge in [0.05, 0.1) is 5.52 Å². The van der Waals surface area contributed by atoms with E-state index in [1.165, 1.54) is 48.2 Å². The Labute approximate surface area is 113 Å². The lowest BCUT2D eigenvalue weighted by molar-refractivity contribution is 0.289. The number of H-pyrrole nitrogens is 1. The molecule has 5 rings (SSSR count). The van der Waals surface area contributed by atoms with Crippen molar-refractivity contribution >= 4 is 16.7 Å². The third kappa shape index (κ3) is 1.61. The highest BCUT2D eigenvalue weighted by molar-refractivity contribution is 5.92. The number of para-hydroxylation sites is 1. The van der Waals surface area contributed by atoms with Gasteiger partial charge < -0.3 is 15.0 Å². The molecule has 2 bridgehead atoms. The fourth-order valence-corrected chi connectivity index (χ4v) is 3.82. The third-order valence-electron chi connectivity index (χ3n) is 4.76. The van der Waals surface area contributed by atoms with Crippen molar-refractivity contribution in [3.05, 3.63) is 29.3 Å². The highest BCUT2D eigenvalue weighted by Gasteiger charge is 2.33. The fraction of sp³-hybridized carbons (Fsp3) is 0.500. The van der Waals surface area contributed by atoms with Crippen molar-refractivity contribution in [2.24, 2.45) is 0 Å². The molecule has 2 aromatic rings. The maximum absolute atomic E-state index is 9.04. The number of rotatable bonds is 3. The molecule has 0 radical (unpaired) electrons. The van der Waals surface area contributed by atoms with Crippen LogP contribution in [0.2, 0.25) is 0 Å². The van der Waals surface area contributed by atoms with Gasteiger partial charge in [-0.05, 0) is 37.2 Å². The molecular weight excluding hydrogens is 236 g/mol. The minimum absolute atomic E-state index is 0.269. The summed E-state index contributed by atoms with van der Waals surface area (Å²) in [5, 5.41) is 10.5. The Bertz CT molecular complexity index is 608. The van der Waals surface area contributed by atoms with Gasteiger partial charge >= 0.3 is 0 Å². The Kier molecular flexibility index (Phi) is 2.55. The second-order valence-corrected chi connectivity index (χ2v) is 5.82. The summed E-state index contributed by atoms with van der Waals surface area (Å²) in [6.07, 6.45) is 4.41. The molecule has 3 aliphatic rings. The summed E-state index contributed by atoms with van der Waals surface area (Å²) >= 11 is 0. The molecule has 0 aliphatic carbocycles. The van der Waals surface area contributed by atoms with Crippen molar-refractivity contribution < 1.29 is 5.11 Å². The zero-order valence-electron chi connectivity index (χ0n) is 11.2. The van der Waals surface area contributed by atoms with Gasteiger partial charge in [-0.2, -0.15) is 0 Å². The van der Waals surface area contributed by atoms with E-state index in [-0.39, 0.29) is 6.61 Å². The maximum Gasteiger partial charge on any atom is 0.110 e. The highest BCUT2D eigenvalue weighted by atomic mass is 16.2. The highest BCUT2D eigenvalue weighted by Crippen LogP contribution is 2.46. The lowest BCUT2D eigenvalue weighted by atomic mass is 9.84. The SMILES string of the molecule is OCCCc1cccc2c3c([nH]c12)N1CCC3CC1. The van der Waals surface area contributed by atoms with Crippen molar-refractivity contribution in [2.75, 3.05) is 24.6 Å². The van der Waals surface area contributed by atoms with E-state index in [0.29, 0.717) is 0 Å². The monoisotopic (exact) mass is 256 g/mol. The molecule has 2 N–H and O–H groups in total. The van der Waals surface area contributed by atoms with Crippen LogP contribution in [0.4, 0.5) is 5.82 Å². The Hall–Kier alpha value is -1.48. The zero-order valence-corrected chi connectivity index (χ0v) is 11.2. The molecule has 3 heteroatoms. The second-order valence-electron chi connectivity index (χ2n) is 5.82. The molecule has 0 saturated carbocycles. The average Bonchev–Trinajstić information content (AvgIpc) is 2.88. The lowest BCUT2D eigenvalue weighted by Gasteiger charge is -2.40. The van der Waals surface area contributed by atoms with Crippen LogP contribution in [0, 0.1) is 0 Å². The Balaban J connectivity index is 1.88. The van der Waals surface area contributed by atoms with Crippen molar-refractivity contribution in [2.45, 2.75) is 31.6 Å². The number of aryl methyl sites for hydroxylation is 1. The van der Waals surface area contributed by atoms with Gasteiger partial charge in [0.25, 0.3) is 0 Å². The first-order chi connectivity index (χ1) is 9.38. The van der Waals surface area contributed by atoms with E-state index in [1.54, 1.807) is 5.56 Å². The molecule has 19 heavy (non-hydrogen) atoms. The molecule has 1 saturated heterocycles. The summed E-state index contributed by atoms with van der Waals surface area (Å²) < 4.78 is 0. The predicted molar refractivity (Wildman–Crippen MR) is 77.9 cm³/mol. The van der Waals surface area contributed by atoms with Crippen LogP contribution in [0.5, 0.6) is 0 Å². The minimum atomic E-state index is 0.269. The van der Waals surface area contributed by atoms with Crippen molar-refractivity contribution in [3.8, 4) is 0 Å². The van der Waals surface area contributed by atoms with Crippen LogP contribution in [0.25, 0.3) is 10.9 Å². The summed E-state index contributed by atoms with van der Waals surface area (Å²) in [7, 11) is 0. The van der Waals surface area contributed by atoms with Crippen molar-refractivity contribution in [1.29, 1.82) is 0 Å². The van der Waals surface area contributed by atoms with Crippen LogP contribution in [-0.4, -0.2) is 29.8 Å². The normalized spacial score (nSPS) is 18.3. The molecule has 0 unspecified atom stereocenters. The molecule has 3 aliphatic heterocycles. The van der Waals surface area contributed by atoms with Gasteiger partial charge in [-0.25, -0.2) is 0 Å². The van der Waals surface area contributed by atoms with Gasteiger partial charge in [0, 0.05) is 30.6 Å². The topological polar surface area (TPSA) is 39.3 Å². The fourth-order valence-electron chi connectivity index (χ4n) is 3.82.